The second-order valence-corrected chi connectivity index (χ2v) is 4.03. The zero-order valence-corrected chi connectivity index (χ0v) is 9.82. The molecule has 0 saturated carbocycles. The highest BCUT2D eigenvalue weighted by Gasteiger charge is 2.10. The number of hydrogen-bond donors (Lipinski definition) is 2. The maximum absolute atomic E-state index is 11.5. The molecule has 0 aliphatic carbocycles. The van der Waals surface area contributed by atoms with Gasteiger partial charge in [-0.2, -0.15) is 0 Å². The van der Waals surface area contributed by atoms with Crippen LogP contribution in [0, 0.1) is 0 Å². The number of carbonyl (C=O) groups is 1. The molecule has 0 spiro atoms. The van der Waals surface area contributed by atoms with Crippen LogP contribution in [0.15, 0.2) is 12.5 Å². The summed E-state index contributed by atoms with van der Waals surface area (Å²) in [7, 11) is 0. The van der Waals surface area contributed by atoms with Crippen LogP contribution >= 0.6 is 0 Å². The fraction of sp³-hybridized carbons (Fsp3) is 0.636. The van der Waals surface area contributed by atoms with E-state index in [0.717, 1.165) is 39.3 Å². The van der Waals surface area contributed by atoms with Gasteiger partial charge in [-0.15, -0.1) is 0 Å². The summed E-state index contributed by atoms with van der Waals surface area (Å²) in [5.41, 5.74) is 0.511. The zero-order chi connectivity index (χ0) is 11.9. The quantitative estimate of drug-likeness (QED) is 0.701. The molecule has 0 bridgehead atoms. The molecule has 2 rings (SSSR count). The van der Waals surface area contributed by atoms with E-state index in [2.05, 4.69) is 20.2 Å². The summed E-state index contributed by atoms with van der Waals surface area (Å²) in [6.45, 7) is 5.33. The van der Waals surface area contributed by atoms with Crippen molar-refractivity contribution in [3.63, 3.8) is 0 Å². The van der Waals surface area contributed by atoms with Gasteiger partial charge in [0, 0.05) is 19.6 Å². The highest BCUT2D eigenvalue weighted by Crippen LogP contribution is 1.97. The second kappa shape index (κ2) is 6.36. The van der Waals surface area contributed by atoms with Gasteiger partial charge in [-0.3, -0.25) is 9.69 Å². The van der Waals surface area contributed by atoms with E-state index < -0.39 is 0 Å². The highest BCUT2D eigenvalue weighted by molar-refractivity contribution is 5.91. The number of hydrogen-bond acceptors (Lipinski definition) is 4. The summed E-state index contributed by atoms with van der Waals surface area (Å²) in [5, 5.41) is 2.86. The predicted octanol–water partition coefficient (Wildman–Crippen LogP) is -0.138. The normalized spacial score (nSPS) is 16.9. The molecule has 1 fully saturated rings. The Morgan fingerprint density at radius 3 is 3.06 bits per heavy atom. The molecule has 1 aromatic heterocycles. The first kappa shape index (κ1) is 12.1. The van der Waals surface area contributed by atoms with Gasteiger partial charge in [0.15, 0.2) is 0 Å². The Morgan fingerprint density at radius 2 is 2.35 bits per heavy atom. The number of ether oxygens (including phenoxy) is 1. The summed E-state index contributed by atoms with van der Waals surface area (Å²) in [5.74, 6) is -0.0931. The predicted molar refractivity (Wildman–Crippen MR) is 62.8 cm³/mol. The molecule has 1 aliphatic rings. The van der Waals surface area contributed by atoms with Crippen molar-refractivity contribution in [2.45, 2.75) is 6.42 Å². The molecule has 2 heterocycles. The lowest BCUT2D eigenvalue weighted by Crippen LogP contribution is -2.38. The van der Waals surface area contributed by atoms with Crippen molar-refractivity contribution in [3.8, 4) is 0 Å². The average Bonchev–Trinajstić information content (AvgIpc) is 2.89. The van der Waals surface area contributed by atoms with Crippen LogP contribution in [0.4, 0.5) is 0 Å². The Labute approximate surface area is 100 Å². The third-order valence-corrected chi connectivity index (χ3v) is 2.78. The molecule has 0 aromatic carbocycles. The van der Waals surface area contributed by atoms with E-state index in [0.29, 0.717) is 12.2 Å². The number of nitrogens with one attached hydrogen (secondary N) is 2. The summed E-state index contributed by atoms with van der Waals surface area (Å²) in [6, 6.07) is 0. The van der Waals surface area contributed by atoms with Crippen LogP contribution < -0.4 is 5.32 Å². The number of rotatable bonds is 5. The molecule has 0 unspecified atom stereocenters. The topological polar surface area (TPSA) is 70.2 Å². The smallest absolute Gasteiger partial charge is 0.269 e. The van der Waals surface area contributed by atoms with Gasteiger partial charge in [0.1, 0.15) is 5.69 Å². The van der Waals surface area contributed by atoms with Crippen LogP contribution in [0.1, 0.15) is 16.9 Å². The lowest BCUT2D eigenvalue weighted by atomic mass is 10.3. The van der Waals surface area contributed by atoms with E-state index in [9.17, 15) is 4.79 Å². The first-order valence-corrected chi connectivity index (χ1v) is 5.93. The molecule has 6 nitrogen and oxygen atoms in total. The SMILES string of the molecule is O=C(NCCCN1CCOCC1)c1cnc[nH]1. The lowest BCUT2D eigenvalue weighted by Gasteiger charge is -2.26. The van der Waals surface area contributed by atoms with Gasteiger partial charge in [0.2, 0.25) is 0 Å². The van der Waals surface area contributed by atoms with E-state index >= 15 is 0 Å². The van der Waals surface area contributed by atoms with Gasteiger partial charge >= 0.3 is 0 Å². The monoisotopic (exact) mass is 238 g/mol. The zero-order valence-electron chi connectivity index (χ0n) is 9.82. The number of aromatic nitrogens is 2. The minimum atomic E-state index is -0.0931. The third kappa shape index (κ3) is 3.83. The van der Waals surface area contributed by atoms with E-state index in [1.165, 1.54) is 12.5 Å². The molecule has 1 amide bonds. The van der Waals surface area contributed by atoms with Crippen LogP contribution in [0.25, 0.3) is 0 Å². The first-order chi connectivity index (χ1) is 8.36. The van der Waals surface area contributed by atoms with Crippen molar-refractivity contribution >= 4 is 5.91 Å². The van der Waals surface area contributed by atoms with Gasteiger partial charge < -0.3 is 15.0 Å². The minimum Gasteiger partial charge on any atom is -0.379 e. The number of nitrogens with zero attached hydrogens (tertiary/aromatic N) is 2. The Hall–Kier alpha value is -1.40. The van der Waals surface area contributed by atoms with Gasteiger partial charge in [-0.25, -0.2) is 4.98 Å². The average molecular weight is 238 g/mol. The van der Waals surface area contributed by atoms with Gasteiger partial charge in [0.05, 0.1) is 25.7 Å². The highest BCUT2D eigenvalue weighted by atomic mass is 16.5. The molecule has 1 aromatic rings. The number of carbonyl (C=O) groups excluding carboxylic acids is 1. The standard InChI is InChI=1S/C11H18N4O2/c16-11(10-8-12-9-14-10)13-2-1-3-15-4-6-17-7-5-15/h8-9H,1-7H2,(H,12,14)(H,13,16). The van der Waals surface area contributed by atoms with Crippen molar-refractivity contribution in [3.05, 3.63) is 18.2 Å². The number of imidazole rings is 1. The van der Waals surface area contributed by atoms with Gasteiger partial charge in [-0.1, -0.05) is 0 Å². The maximum atomic E-state index is 11.5. The summed E-state index contributed by atoms with van der Waals surface area (Å²) >= 11 is 0. The Kier molecular flexibility index (Phi) is 4.52. The number of morpholine rings is 1. The first-order valence-electron chi connectivity index (χ1n) is 5.93. The Morgan fingerprint density at radius 1 is 1.53 bits per heavy atom. The third-order valence-electron chi connectivity index (χ3n) is 2.78. The molecule has 17 heavy (non-hydrogen) atoms. The largest absolute Gasteiger partial charge is 0.379 e. The molecule has 2 N–H and O–H groups in total. The molecule has 1 aliphatic heterocycles. The molecular weight excluding hydrogens is 220 g/mol. The lowest BCUT2D eigenvalue weighted by molar-refractivity contribution is 0.0374. The Bertz CT molecular complexity index is 333. The fourth-order valence-electron chi connectivity index (χ4n) is 1.80. The summed E-state index contributed by atoms with van der Waals surface area (Å²) in [4.78, 5) is 20.5. The fourth-order valence-corrected chi connectivity index (χ4v) is 1.80. The van der Waals surface area contributed by atoms with Crippen molar-refractivity contribution in [2.24, 2.45) is 0 Å². The second-order valence-electron chi connectivity index (χ2n) is 4.03. The van der Waals surface area contributed by atoms with Crippen LogP contribution in [-0.4, -0.2) is 60.2 Å². The molecule has 0 radical (unpaired) electrons. The summed E-state index contributed by atoms with van der Waals surface area (Å²) < 4.78 is 5.27. The molecule has 6 heteroatoms. The van der Waals surface area contributed by atoms with Crippen LogP contribution in [0.2, 0.25) is 0 Å². The van der Waals surface area contributed by atoms with Gasteiger partial charge in [-0.05, 0) is 13.0 Å². The minimum absolute atomic E-state index is 0.0931. The van der Waals surface area contributed by atoms with E-state index in [-0.39, 0.29) is 5.91 Å². The Balaban J connectivity index is 1.58. The molecule has 94 valence electrons. The molecular formula is C11H18N4O2. The maximum Gasteiger partial charge on any atom is 0.269 e. The van der Waals surface area contributed by atoms with Crippen molar-refractivity contribution in [1.29, 1.82) is 0 Å². The van der Waals surface area contributed by atoms with Crippen LogP contribution in [0.3, 0.4) is 0 Å². The number of H-pyrrole nitrogens is 1. The molecule has 1 saturated heterocycles. The molecule has 0 atom stereocenters. The number of amides is 1. The van der Waals surface area contributed by atoms with E-state index in [1.54, 1.807) is 0 Å². The van der Waals surface area contributed by atoms with Crippen LogP contribution in [-0.2, 0) is 4.74 Å². The van der Waals surface area contributed by atoms with E-state index in [4.69, 9.17) is 4.74 Å². The van der Waals surface area contributed by atoms with Crippen molar-refractivity contribution in [1.82, 2.24) is 20.2 Å². The van der Waals surface area contributed by atoms with Crippen molar-refractivity contribution in [2.75, 3.05) is 39.4 Å². The summed E-state index contributed by atoms with van der Waals surface area (Å²) in [6.07, 6.45) is 3.99. The number of aromatic amines is 1. The van der Waals surface area contributed by atoms with E-state index in [1.807, 2.05) is 0 Å². The van der Waals surface area contributed by atoms with Gasteiger partial charge in [0.25, 0.3) is 5.91 Å². The van der Waals surface area contributed by atoms with Crippen molar-refractivity contribution < 1.29 is 9.53 Å². The van der Waals surface area contributed by atoms with Crippen LogP contribution in [0.5, 0.6) is 0 Å².